The van der Waals surface area contributed by atoms with Gasteiger partial charge in [0.05, 0.1) is 27.3 Å². The summed E-state index contributed by atoms with van der Waals surface area (Å²) in [5.74, 6) is 0.0182. The first kappa shape index (κ1) is 26.9. The standard InChI is InChI=1S/C27H25N7O2S3/c1-17(38-26-31-32-33-34(26)2)25(36)28-20-13-14-21-22(15-20)39-27(29-21)37-16-23(35)30-24(18-9-5-3-6-10-18)19-11-7-4-8-12-19/h3-15,17,24H,16H2,1-2H3,(H,28,36)(H,30,35)/t17-/m1/s1. The lowest BCUT2D eigenvalue weighted by Crippen LogP contribution is -2.30. The minimum Gasteiger partial charge on any atom is -0.344 e. The van der Waals surface area contributed by atoms with E-state index in [0.29, 0.717) is 10.8 Å². The third kappa shape index (κ3) is 6.83. The second kappa shape index (κ2) is 12.4. The van der Waals surface area contributed by atoms with Crippen LogP contribution < -0.4 is 10.6 Å². The van der Waals surface area contributed by atoms with Crippen LogP contribution >= 0.6 is 34.9 Å². The average Bonchev–Trinajstić information content (AvgIpc) is 3.56. The SMILES string of the molecule is C[C@@H](Sc1nnnn1C)C(=O)Nc1ccc2nc(SCC(=O)NC(c3ccccc3)c3ccccc3)sc2c1. The summed E-state index contributed by atoms with van der Waals surface area (Å²) in [6.07, 6.45) is 0. The summed E-state index contributed by atoms with van der Waals surface area (Å²) in [5.41, 5.74) is 3.55. The third-order valence-corrected chi connectivity index (χ3v) is 9.05. The summed E-state index contributed by atoms with van der Waals surface area (Å²) in [7, 11) is 1.73. The van der Waals surface area contributed by atoms with Crippen molar-refractivity contribution in [2.75, 3.05) is 11.1 Å². The van der Waals surface area contributed by atoms with Crippen LogP contribution in [0.4, 0.5) is 5.69 Å². The molecule has 0 spiro atoms. The van der Waals surface area contributed by atoms with Crippen LogP contribution in [0, 0.1) is 0 Å². The average molecular weight is 576 g/mol. The second-order valence-corrected chi connectivity index (χ2v) is 12.2. The molecule has 0 radical (unpaired) electrons. The molecule has 0 saturated carbocycles. The molecule has 2 aromatic heterocycles. The number of fused-ring (bicyclic) bond motifs is 1. The molecule has 0 saturated heterocycles. The molecule has 5 aromatic rings. The Labute approximate surface area is 237 Å². The summed E-state index contributed by atoms with van der Waals surface area (Å²) in [5, 5.41) is 17.6. The number of aromatic nitrogens is 5. The number of carbonyl (C=O) groups is 2. The van der Waals surface area contributed by atoms with Crippen molar-refractivity contribution in [1.82, 2.24) is 30.5 Å². The van der Waals surface area contributed by atoms with Gasteiger partial charge in [0.25, 0.3) is 0 Å². The van der Waals surface area contributed by atoms with E-state index in [4.69, 9.17) is 0 Å². The van der Waals surface area contributed by atoms with Gasteiger partial charge >= 0.3 is 0 Å². The van der Waals surface area contributed by atoms with Crippen LogP contribution in [0.2, 0.25) is 0 Å². The van der Waals surface area contributed by atoms with E-state index < -0.39 is 0 Å². The highest BCUT2D eigenvalue weighted by atomic mass is 32.2. The highest BCUT2D eigenvalue weighted by molar-refractivity contribution is 8.01. The topological polar surface area (TPSA) is 115 Å². The molecule has 12 heteroatoms. The molecule has 0 unspecified atom stereocenters. The van der Waals surface area contributed by atoms with Gasteiger partial charge in [0, 0.05) is 12.7 Å². The quantitative estimate of drug-likeness (QED) is 0.225. The van der Waals surface area contributed by atoms with Gasteiger partial charge in [-0.2, -0.15) is 0 Å². The molecule has 9 nitrogen and oxygen atoms in total. The van der Waals surface area contributed by atoms with Gasteiger partial charge < -0.3 is 10.6 Å². The smallest absolute Gasteiger partial charge is 0.237 e. The zero-order chi connectivity index (χ0) is 27.2. The van der Waals surface area contributed by atoms with Gasteiger partial charge in [-0.3, -0.25) is 9.59 Å². The number of carbonyl (C=O) groups excluding carboxylic acids is 2. The summed E-state index contributed by atoms with van der Waals surface area (Å²) in [4.78, 5) is 30.3. The number of hydrogen-bond donors (Lipinski definition) is 2. The highest BCUT2D eigenvalue weighted by Gasteiger charge is 2.19. The number of nitrogens with zero attached hydrogens (tertiary/aromatic N) is 5. The van der Waals surface area contributed by atoms with Crippen LogP contribution in [0.1, 0.15) is 24.1 Å². The van der Waals surface area contributed by atoms with Crippen LogP contribution in [0.5, 0.6) is 0 Å². The summed E-state index contributed by atoms with van der Waals surface area (Å²) >= 11 is 4.18. The predicted molar refractivity (Wildman–Crippen MR) is 156 cm³/mol. The highest BCUT2D eigenvalue weighted by Crippen LogP contribution is 2.32. The largest absolute Gasteiger partial charge is 0.344 e. The maximum Gasteiger partial charge on any atom is 0.237 e. The molecule has 39 heavy (non-hydrogen) atoms. The number of amides is 2. The zero-order valence-corrected chi connectivity index (χ0v) is 23.6. The lowest BCUT2D eigenvalue weighted by atomic mass is 9.99. The Kier molecular flexibility index (Phi) is 8.54. The van der Waals surface area contributed by atoms with Crippen LogP contribution in [0.3, 0.4) is 0 Å². The molecule has 0 aliphatic rings. The molecule has 2 N–H and O–H groups in total. The third-order valence-electron chi connectivity index (χ3n) is 5.77. The molecule has 0 aliphatic heterocycles. The number of tetrazole rings is 1. The first-order valence-electron chi connectivity index (χ1n) is 12.1. The number of aryl methyl sites for hydroxylation is 1. The van der Waals surface area contributed by atoms with E-state index in [2.05, 4.69) is 31.1 Å². The van der Waals surface area contributed by atoms with Crippen molar-refractivity contribution < 1.29 is 9.59 Å². The molecular weight excluding hydrogens is 551 g/mol. The number of hydrogen-bond acceptors (Lipinski definition) is 9. The minimum absolute atomic E-state index is 0.0745. The van der Waals surface area contributed by atoms with Gasteiger partial charge in [0.1, 0.15) is 0 Å². The van der Waals surface area contributed by atoms with Crippen LogP contribution in [0.15, 0.2) is 88.4 Å². The van der Waals surface area contributed by atoms with E-state index >= 15 is 0 Å². The van der Waals surface area contributed by atoms with Crippen LogP contribution in [-0.4, -0.2) is 48.0 Å². The molecule has 5 rings (SSSR count). The monoisotopic (exact) mass is 575 g/mol. The first-order valence-corrected chi connectivity index (χ1v) is 14.8. The van der Waals surface area contributed by atoms with Gasteiger partial charge in [-0.25, -0.2) is 9.67 Å². The molecule has 2 heterocycles. The normalized spacial score (nSPS) is 12.0. The van der Waals surface area contributed by atoms with Crippen LogP contribution in [0.25, 0.3) is 10.2 Å². The molecule has 2 amide bonds. The van der Waals surface area contributed by atoms with Crippen molar-refractivity contribution in [2.24, 2.45) is 7.05 Å². The van der Waals surface area contributed by atoms with E-state index in [1.807, 2.05) is 78.9 Å². The van der Waals surface area contributed by atoms with Crippen molar-refractivity contribution in [2.45, 2.75) is 27.7 Å². The fraction of sp³-hybridized carbons (Fsp3) is 0.185. The number of thioether (sulfide) groups is 2. The van der Waals surface area contributed by atoms with Crippen molar-refractivity contribution >= 4 is 62.6 Å². The number of thiazole rings is 1. The Balaban J connectivity index is 1.20. The molecular formula is C27H25N7O2S3. The van der Waals surface area contributed by atoms with E-state index in [9.17, 15) is 9.59 Å². The maximum atomic E-state index is 12.9. The van der Waals surface area contributed by atoms with Crippen molar-refractivity contribution in [3.63, 3.8) is 0 Å². The zero-order valence-electron chi connectivity index (χ0n) is 21.1. The molecule has 198 valence electrons. The van der Waals surface area contributed by atoms with E-state index in [1.54, 1.807) is 14.0 Å². The van der Waals surface area contributed by atoms with Crippen molar-refractivity contribution in [3.8, 4) is 0 Å². The lowest BCUT2D eigenvalue weighted by Gasteiger charge is -2.19. The van der Waals surface area contributed by atoms with Gasteiger partial charge in [-0.15, -0.1) is 16.4 Å². The van der Waals surface area contributed by atoms with Gasteiger partial charge in [0.2, 0.25) is 17.0 Å². The minimum atomic E-state index is -0.382. The number of nitrogens with one attached hydrogen (secondary N) is 2. The molecule has 0 aliphatic carbocycles. The van der Waals surface area contributed by atoms with Gasteiger partial charge in [-0.1, -0.05) is 84.2 Å². The fourth-order valence-corrected chi connectivity index (χ4v) is 6.47. The Morgan fingerprint density at radius 3 is 2.33 bits per heavy atom. The molecule has 1 atom stereocenters. The molecule has 0 bridgehead atoms. The van der Waals surface area contributed by atoms with Gasteiger partial charge in [-0.05, 0) is 46.7 Å². The summed E-state index contributed by atoms with van der Waals surface area (Å²) in [6, 6.07) is 25.2. The lowest BCUT2D eigenvalue weighted by molar-refractivity contribution is -0.119. The van der Waals surface area contributed by atoms with E-state index in [0.717, 1.165) is 25.7 Å². The summed E-state index contributed by atoms with van der Waals surface area (Å²) < 4.78 is 3.25. The van der Waals surface area contributed by atoms with E-state index in [1.165, 1.54) is 39.5 Å². The van der Waals surface area contributed by atoms with Crippen LogP contribution in [-0.2, 0) is 16.6 Å². The Hall–Kier alpha value is -3.74. The fourth-order valence-electron chi connectivity index (χ4n) is 3.80. The first-order chi connectivity index (χ1) is 19.0. The number of benzene rings is 3. The predicted octanol–water partition coefficient (Wildman–Crippen LogP) is 4.94. The Morgan fingerprint density at radius 1 is 1.00 bits per heavy atom. The van der Waals surface area contributed by atoms with Gasteiger partial charge in [0.15, 0.2) is 4.34 Å². The van der Waals surface area contributed by atoms with Crippen molar-refractivity contribution in [1.29, 1.82) is 0 Å². The Bertz CT molecular complexity index is 1530. The maximum absolute atomic E-state index is 12.9. The van der Waals surface area contributed by atoms with E-state index in [-0.39, 0.29) is 28.9 Å². The number of rotatable bonds is 10. The molecule has 0 fully saturated rings. The Morgan fingerprint density at radius 2 is 1.69 bits per heavy atom. The summed E-state index contributed by atoms with van der Waals surface area (Å²) in [6.45, 7) is 1.81. The number of anilines is 1. The molecule has 3 aromatic carbocycles. The second-order valence-electron chi connectivity index (χ2n) is 8.61. The van der Waals surface area contributed by atoms with Crippen molar-refractivity contribution in [3.05, 3.63) is 90.0 Å².